The lowest BCUT2D eigenvalue weighted by atomic mass is 10.1. The summed E-state index contributed by atoms with van der Waals surface area (Å²) in [5.41, 5.74) is 1.88. The Balaban J connectivity index is 1.52. The largest absolute Gasteiger partial charge is 0.327 e. The minimum atomic E-state index is -0.491. The van der Waals surface area contributed by atoms with E-state index in [4.69, 9.17) is 11.6 Å². The first-order chi connectivity index (χ1) is 13.0. The van der Waals surface area contributed by atoms with Crippen LogP contribution in [-0.4, -0.2) is 38.7 Å². The Bertz CT molecular complexity index is 1020. The van der Waals surface area contributed by atoms with E-state index in [9.17, 15) is 9.59 Å². The first kappa shape index (κ1) is 18.0. The zero-order valence-corrected chi connectivity index (χ0v) is 16.6. The van der Waals surface area contributed by atoms with Gasteiger partial charge in [-0.1, -0.05) is 27.5 Å². The minimum Gasteiger partial charge on any atom is -0.327 e. The number of likely N-dealkylation sites (tertiary alicyclic amines) is 1. The van der Waals surface area contributed by atoms with E-state index in [-0.39, 0.29) is 11.8 Å². The highest BCUT2D eigenvalue weighted by atomic mass is 79.9. The molecular weight excluding hydrogens is 432 g/mol. The monoisotopic (exact) mass is 446 g/mol. The molecule has 1 aliphatic rings. The molecule has 2 amide bonds. The number of nitrogens with one attached hydrogen (secondary N) is 1. The van der Waals surface area contributed by atoms with Gasteiger partial charge in [0.25, 0.3) is 5.91 Å². The van der Waals surface area contributed by atoms with E-state index in [1.54, 1.807) is 46.0 Å². The molecule has 0 spiro atoms. The molecule has 0 saturated carbocycles. The molecule has 0 bridgehead atoms. The molecule has 1 aliphatic heterocycles. The Morgan fingerprint density at radius 3 is 2.74 bits per heavy atom. The molecule has 1 aromatic carbocycles. The summed E-state index contributed by atoms with van der Waals surface area (Å²) in [7, 11) is 0. The van der Waals surface area contributed by atoms with Gasteiger partial charge in [-0.2, -0.15) is 0 Å². The molecule has 0 aliphatic carbocycles. The van der Waals surface area contributed by atoms with Gasteiger partial charge in [0.15, 0.2) is 0 Å². The molecule has 6 nitrogen and oxygen atoms in total. The predicted octanol–water partition coefficient (Wildman–Crippen LogP) is 3.99. The van der Waals surface area contributed by atoms with Gasteiger partial charge in [0.1, 0.15) is 16.8 Å². The van der Waals surface area contributed by atoms with Crippen molar-refractivity contribution in [3.05, 3.63) is 64.0 Å². The second kappa shape index (κ2) is 7.32. The number of hydrogen-bond donors (Lipinski definition) is 1. The van der Waals surface area contributed by atoms with Crippen LogP contribution in [0.1, 0.15) is 23.2 Å². The summed E-state index contributed by atoms with van der Waals surface area (Å²) in [5, 5.41) is 3.36. The summed E-state index contributed by atoms with van der Waals surface area (Å²) in [5.74, 6) is -0.332. The summed E-state index contributed by atoms with van der Waals surface area (Å²) >= 11 is 9.45. The van der Waals surface area contributed by atoms with Crippen molar-refractivity contribution in [2.75, 3.05) is 11.9 Å². The average molecular weight is 448 g/mol. The number of fused-ring (bicyclic) bond motifs is 1. The Hall–Kier alpha value is -2.38. The standard InChI is InChI=1S/C19H16BrClN4O2/c20-13-5-3-12(4-6-13)19(27)24-9-1-2-15(24)18(26)23-14-7-8-17-22-10-16(21)25(17)11-14/h3-8,10-11,15H,1-2,9H2,(H,23,26)/t15-/m1/s1. The quantitative estimate of drug-likeness (QED) is 0.660. The molecule has 1 fully saturated rings. The molecule has 2 aromatic heterocycles. The highest BCUT2D eigenvalue weighted by Gasteiger charge is 2.34. The molecule has 1 saturated heterocycles. The number of imidazole rings is 1. The molecule has 4 rings (SSSR count). The summed E-state index contributed by atoms with van der Waals surface area (Å²) in [6, 6.07) is 10.2. The van der Waals surface area contributed by atoms with Crippen LogP contribution in [-0.2, 0) is 4.79 Å². The van der Waals surface area contributed by atoms with Crippen molar-refractivity contribution in [1.29, 1.82) is 0 Å². The fraction of sp³-hybridized carbons (Fsp3) is 0.211. The Kier molecular flexibility index (Phi) is 4.88. The van der Waals surface area contributed by atoms with Gasteiger partial charge in [-0.15, -0.1) is 0 Å². The lowest BCUT2D eigenvalue weighted by Crippen LogP contribution is -2.43. The van der Waals surface area contributed by atoms with E-state index < -0.39 is 6.04 Å². The molecule has 27 heavy (non-hydrogen) atoms. The number of carbonyl (C=O) groups excluding carboxylic acids is 2. The van der Waals surface area contributed by atoms with Gasteiger partial charge in [-0.05, 0) is 49.2 Å². The Labute approximate surface area is 169 Å². The van der Waals surface area contributed by atoms with E-state index in [0.29, 0.717) is 35.0 Å². The van der Waals surface area contributed by atoms with Gasteiger partial charge >= 0.3 is 0 Å². The SMILES string of the molecule is O=C(Nc1ccc2ncc(Cl)n2c1)[C@H]1CCCN1C(=O)c1ccc(Br)cc1. The van der Waals surface area contributed by atoms with Crippen molar-refractivity contribution in [3.8, 4) is 0 Å². The van der Waals surface area contributed by atoms with Crippen LogP contribution in [0, 0.1) is 0 Å². The van der Waals surface area contributed by atoms with Crippen molar-refractivity contribution < 1.29 is 9.59 Å². The summed E-state index contributed by atoms with van der Waals surface area (Å²) in [4.78, 5) is 31.4. The smallest absolute Gasteiger partial charge is 0.254 e. The predicted molar refractivity (Wildman–Crippen MR) is 107 cm³/mol. The number of carbonyl (C=O) groups is 2. The van der Waals surface area contributed by atoms with Crippen LogP contribution >= 0.6 is 27.5 Å². The van der Waals surface area contributed by atoms with Crippen molar-refractivity contribution in [1.82, 2.24) is 14.3 Å². The lowest BCUT2D eigenvalue weighted by molar-refractivity contribution is -0.119. The number of aromatic nitrogens is 2. The van der Waals surface area contributed by atoms with E-state index in [0.717, 1.165) is 10.9 Å². The second-order valence-electron chi connectivity index (χ2n) is 6.38. The van der Waals surface area contributed by atoms with Gasteiger partial charge in [-0.3, -0.25) is 14.0 Å². The molecule has 8 heteroatoms. The first-order valence-corrected chi connectivity index (χ1v) is 9.70. The van der Waals surface area contributed by atoms with Crippen LogP contribution in [0.3, 0.4) is 0 Å². The van der Waals surface area contributed by atoms with Crippen LogP contribution in [0.2, 0.25) is 5.15 Å². The topological polar surface area (TPSA) is 66.7 Å². The van der Waals surface area contributed by atoms with Gasteiger partial charge in [-0.25, -0.2) is 4.98 Å². The van der Waals surface area contributed by atoms with Gasteiger partial charge in [0.05, 0.1) is 11.9 Å². The molecular formula is C19H16BrClN4O2. The molecule has 1 N–H and O–H groups in total. The maximum absolute atomic E-state index is 12.8. The molecule has 3 heterocycles. The molecule has 3 aromatic rings. The van der Waals surface area contributed by atoms with Crippen LogP contribution < -0.4 is 5.32 Å². The van der Waals surface area contributed by atoms with Crippen LogP contribution in [0.25, 0.3) is 5.65 Å². The molecule has 0 radical (unpaired) electrons. The summed E-state index contributed by atoms with van der Waals surface area (Å²) < 4.78 is 2.60. The van der Waals surface area contributed by atoms with Gasteiger partial charge in [0.2, 0.25) is 5.91 Å². The highest BCUT2D eigenvalue weighted by Crippen LogP contribution is 2.23. The third-order valence-corrected chi connectivity index (χ3v) is 5.44. The Morgan fingerprint density at radius 1 is 1.19 bits per heavy atom. The number of halogens is 2. The van der Waals surface area contributed by atoms with Gasteiger partial charge < -0.3 is 10.2 Å². The fourth-order valence-corrected chi connectivity index (χ4v) is 3.74. The number of amides is 2. The number of nitrogens with zero attached hydrogens (tertiary/aromatic N) is 3. The minimum absolute atomic E-state index is 0.131. The molecule has 0 unspecified atom stereocenters. The maximum Gasteiger partial charge on any atom is 0.254 e. The third-order valence-electron chi connectivity index (χ3n) is 4.64. The highest BCUT2D eigenvalue weighted by molar-refractivity contribution is 9.10. The summed E-state index contributed by atoms with van der Waals surface area (Å²) in [6.45, 7) is 0.569. The van der Waals surface area contributed by atoms with Crippen molar-refractivity contribution in [3.63, 3.8) is 0 Å². The Morgan fingerprint density at radius 2 is 1.96 bits per heavy atom. The lowest BCUT2D eigenvalue weighted by Gasteiger charge is -2.24. The van der Waals surface area contributed by atoms with E-state index in [2.05, 4.69) is 26.2 Å². The number of anilines is 1. The average Bonchev–Trinajstić information content (AvgIpc) is 3.29. The van der Waals surface area contributed by atoms with Crippen molar-refractivity contribution >= 4 is 50.7 Å². The third kappa shape index (κ3) is 3.57. The van der Waals surface area contributed by atoms with E-state index in [1.807, 2.05) is 12.1 Å². The van der Waals surface area contributed by atoms with E-state index >= 15 is 0 Å². The van der Waals surface area contributed by atoms with Crippen LogP contribution in [0.5, 0.6) is 0 Å². The second-order valence-corrected chi connectivity index (χ2v) is 7.68. The van der Waals surface area contributed by atoms with Crippen molar-refractivity contribution in [2.45, 2.75) is 18.9 Å². The zero-order valence-electron chi connectivity index (χ0n) is 14.2. The maximum atomic E-state index is 12.8. The number of rotatable bonds is 3. The van der Waals surface area contributed by atoms with Crippen LogP contribution in [0.4, 0.5) is 5.69 Å². The molecule has 138 valence electrons. The zero-order chi connectivity index (χ0) is 19.0. The normalized spacial score (nSPS) is 16.7. The first-order valence-electron chi connectivity index (χ1n) is 8.53. The number of pyridine rings is 1. The van der Waals surface area contributed by atoms with Crippen molar-refractivity contribution in [2.24, 2.45) is 0 Å². The number of benzene rings is 1. The van der Waals surface area contributed by atoms with Gasteiger partial charge in [0, 0.05) is 22.8 Å². The van der Waals surface area contributed by atoms with Crippen LogP contribution in [0.15, 0.2) is 53.3 Å². The molecule has 1 atom stereocenters. The summed E-state index contributed by atoms with van der Waals surface area (Å²) in [6.07, 6.45) is 4.71. The van der Waals surface area contributed by atoms with E-state index in [1.165, 1.54) is 0 Å². The number of hydrogen-bond acceptors (Lipinski definition) is 3. The fourth-order valence-electron chi connectivity index (χ4n) is 3.29.